The van der Waals surface area contributed by atoms with Crippen LogP contribution in [0.25, 0.3) is 11.1 Å². The Kier molecular flexibility index (Phi) is 5.73. The second kappa shape index (κ2) is 7.79. The molecule has 0 aliphatic heterocycles. The molecule has 0 amide bonds. The first-order valence-corrected chi connectivity index (χ1v) is 10.7. The van der Waals surface area contributed by atoms with Gasteiger partial charge in [0.15, 0.2) is 0 Å². The average molecular weight is 485 g/mol. The number of benzene rings is 2. The van der Waals surface area contributed by atoms with Crippen molar-refractivity contribution in [3.8, 4) is 11.1 Å². The molecule has 0 fully saturated rings. The molecular weight excluding hydrogens is 469 g/mol. The summed E-state index contributed by atoms with van der Waals surface area (Å²) in [5, 5.41) is 0. The maximum absolute atomic E-state index is 13.2. The van der Waals surface area contributed by atoms with E-state index in [4.69, 9.17) is 0 Å². The summed E-state index contributed by atoms with van der Waals surface area (Å²) < 4.78 is 68.0. The predicted octanol–water partition coefficient (Wildman–Crippen LogP) is 5.95. The van der Waals surface area contributed by atoms with Crippen LogP contribution in [0.2, 0.25) is 0 Å². The van der Waals surface area contributed by atoms with Gasteiger partial charge in [-0.25, -0.2) is 13.4 Å². The van der Waals surface area contributed by atoms with Crippen molar-refractivity contribution in [2.75, 3.05) is 4.72 Å². The van der Waals surface area contributed by atoms with Crippen LogP contribution in [0, 0.1) is 13.8 Å². The average Bonchev–Trinajstić information content (AvgIpc) is 2.64. The van der Waals surface area contributed by atoms with Gasteiger partial charge < -0.3 is 0 Å². The van der Waals surface area contributed by atoms with E-state index in [-0.39, 0.29) is 21.8 Å². The van der Waals surface area contributed by atoms with Gasteiger partial charge in [0.1, 0.15) is 5.82 Å². The van der Waals surface area contributed by atoms with Crippen LogP contribution in [0.3, 0.4) is 0 Å². The molecule has 3 rings (SSSR count). The molecule has 1 aromatic heterocycles. The quantitative estimate of drug-likeness (QED) is 0.497. The summed E-state index contributed by atoms with van der Waals surface area (Å²) in [7, 11) is -3.98. The van der Waals surface area contributed by atoms with Crippen molar-refractivity contribution >= 4 is 31.8 Å². The van der Waals surface area contributed by atoms with E-state index in [0.717, 1.165) is 17.7 Å². The van der Waals surface area contributed by atoms with Crippen molar-refractivity contribution < 1.29 is 21.6 Å². The van der Waals surface area contributed by atoms with Crippen LogP contribution in [-0.4, -0.2) is 13.4 Å². The maximum atomic E-state index is 13.2. The van der Waals surface area contributed by atoms with Crippen LogP contribution in [0.4, 0.5) is 19.0 Å². The highest BCUT2D eigenvalue weighted by Gasteiger charge is 2.31. The molecule has 1 N–H and O–H groups in total. The van der Waals surface area contributed by atoms with E-state index in [2.05, 4.69) is 25.6 Å². The Morgan fingerprint density at radius 3 is 2.31 bits per heavy atom. The molecule has 0 saturated heterocycles. The van der Waals surface area contributed by atoms with Crippen molar-refractivity contribution in [2.45, 2.75) is 24.9 Å². The third-order valence-electron chi connectivity index (χ3n) is 4.32. The van der Waals surface area contributed by atoms with Gasteiger partial charge in [0.25, 0.3) is 10.0 Å². The fourth-order valence-corrected chi connectivity index (χ4v) is 4.09. The Morgan fingerprint density at radius 2 is 1.69 bits per heavy atom. The number of halogens is 4. The summed E-state index contributed by atoms with van der Waals surface area (Å²) >= 11 is 3.31. The number of nitrogens with one attached hydrogen (secondary N) is 1. The molecule has 9 heteroatoms. The van der Waals surface area contributed by atoms with Crippen molar-refractivity contribution in [1.82, 2.24) is 4.98 Å². The first-order chi connectivity index (χ1) is 13.5. The highest BCUT2D eigenvalue weighted by Crippen LogP contribution is 2.38. The SMILES string of the molecule is Cc1ccc(S(=O)(=O)Nc2ncc(Br)c(C)c2-c2cccc(C(F)(F)F)c2)cc1. The normalized spacial score (nSPS) is 12.1. The largest absolute Gasteiger partial charge is 0.416 e. The van der Waals surface area contributed by atoms with Gasteiger partial charge in [-0.2, -0.15) is 13.2 Å². The Hall–Kier alpha value is -2.39. The molecule has 0 saturated carbocycles. The van der Waals surface area contributed by atoms with Crippen LogP contribution in [0.5, 0.6) is 0 Å². The van der Waals surface area contributed by atoms with Crippen LogP contribution in [-0.2, 0) is 16.2 Å². The monoisotopic (exact) mass is 484 g/mol. The summed E-state index contributed by atoms with van der Waals surface area (Å²) in [6.07, 6.45) is -3.12. The molecule has 0 aliphatic rings. The number of alkyl halides is 3. The molecule has 4 nitrogen and oxygen atoms in total. The summed E-state index contributed by atoms with van der Waals surface area (Å²) in [5.74, 6) is -0.0504. The number of pyridine rings is 1. The molecule has 0 radical (unpaired) electrons. The molecule has 1 heterocycles. The lowest BCUT2D eigenvalue weighted by atomic mass is 9.99. The zero-order valence-electron chi connectivity index (χ0n) is 15.4. The second-order valence-electron chi connectivity index (χ2n) is 6.45. The topological polar surface area (TPSA) is 59.1 Å². The van der Waals surface area contributed by atoms with Crippen molar-refractivity contribution in [3.05, 3.63) is 75.9 Å². The van der Waals surface area contributed by atoms with Gasteiger partial charge in [-0.15, -0.1) is 0 Å². The van der Waals surface area contributed by atoms with Crippen LogP contribution in [0.15, 0.2) is 64.1 Å². The highest BCUT2D eigenvalue weighted by atomic mass is 79.9. The standard InChI is InChI=1S/C20H16BrF3N2O2S/c1-12-6-8-16(9-7-12)29(27,28)26-19-18(13(2)17(21)11-25-19)14-4-3-5-15(10-14)20(22,23)24/h3-11H,1-2H3,(H,25,26). The molecule has 0 atom stereocenters. The number of sulfonamides is 1. The molecule has 0 spiro atoms. The van der Waals surface area contributed by atoms with Gasteiger partial charge in [0.05, 0.1) is 10.5 Å². The van der Waals surface area contributed by atoms with Gasteiger partial charge in [-0.05, 0) is 65.2 Å². The summed E-state index contributed by atoms with van der Waals surface area (Å²) in [6, 6.07) is 10.9. The Bertz CT molecular complexity index is 1160. The molecule has 0 bridgehead atoms. The lowest BCUT2D eigenvalue weighted by molar-refractivity contribution is -0.137. The first-order valence-electron chi connectivity index (χ1n) is 8.41. The number of rotatable bonds is 4. The van der Waals surface area contributed by atoms with Gasteiger partial charge >= 0.3 is 6.18 Å². The minimum atomic E-state index is -4.52. The summed E-state index contributed by atoms with van der Waals surface area (Å²) in [4.78, 5) is 4.15. The van der Waals surface area contributed by atoms with E-state index >= 15 is 0 Å². The summed E-state index contributed by atoms with van der Waals surface area (Å²) in [6.45, 7) is 3.50. The lowest BCUT2D eigenvalue weighted by Gasteiger charge is -2.16. The Labute approximate surface area is 175 Å². The number of aromatic nitrogens is 1. The van der Waals surface area contributed by atoms with Crippen molar-refractivity contribution in [1.29, 1.82) is 0 Å². The number of aryl methyl sites for hydroxylation is 1. The van der Waals surface area contributed by atoms with E-state index in [1.165, 1.54) is 30.5 Å². The molecule has 0 unspecified atom stereocenters. The number of hydrogen-bond acceptors (Lipinski definition) is 3. The zero-order chi connectivity index (χ0) is 21.4. The molecule has 29 heavy (non-hydrogen) atoms. The van der Waals surface area contributed by atoms with Gasteiger partial charge in [-0.1, -0.05) is 29.8 Å². The van der Waals surface area contributed by atoms with Crippen LogP contribution >= 0.6 is 15.9 Å². The fraction of sp³-hybridized carbons (Fsp3) is 0.150. The lowest BCUT2D eigenvalue weighted by Crippen LogP contribution is -2.15. The third kappa shape index (κ3) is 4.62. The first kappa shape index (κ1) is 21.3. The van der Waals surface area contributed by atoms with E-state index in [1.807, 2.05) is 6.92 Å². The molecule has 2 aromatic carbocycles. The molecule has 3 aromatic rings. The van der Waals surface area contributed by atoms with E-state index < -0.39 is 21.8 Å². The maximum Gasteiger partial charge on any atom is 0.416 e. The van der Waals surface area contributed by atoms with Crippen molar-refractivity contribution in [2.24, 2.45) is 0 Å². The van der Waals surface area contributed by atoms with E-state index in [1.54, 1.807) is 19.1 Å². The predicted molar refractivity (Wildman–Crippen MR) is 109 cm³/mol. The molecular formula is C20H16BrF3N2O2S. The summed E-state index contributed by atoms with van der Waals surface area (Å²) in [5.41, 5.74) is 1.09. The minimum Gasteiger partial charge on any atom is -0.263 e. The number of hydrogen-bond donors (Lipinski definition) is 1. The van der Waals surface area contributed by atoms with Gasteiger partial charge in [-0.3, -0.25) is 4.72 Å². The van der Waals surface area contributed by atoms with Gasteiger partial charge in [0, 0.05) is 16.2 Å². The number of nitrogens with zero attached hydrogens (tertiary/aromatic N) is 1. The molecule has 152 valence electrons. The third-order valence-corrected chi connectivity index (χ3v) is 6.47. The van der Waals surface area contributed by atoms with Gasteiger partial charge in [0.2, 0.25) is 0 Å². The minimum absolute atomic E-state index is 0.0282. The van der Waals surface area contributed by atoms with E-state index in [0.29, 0.717) is 10.0 Å². The highest BCUT2D eigenvalue weighted by molar-refractivity contribution is 9.10. The fourth-order valence-electron chi connectivity index (χ4n) is 2.76. The van der Waals surface area contributed by atoms with E-state index in [9.17, 15) is 21.6 Å². The smallest absolute Gasteiger partial charge is 0.263 e. The Balaban J connectivity index is 2.13. The molecule has 0 aliphatic carbocycles. The zero-order valence-corrected chi connectivity index (χ0v) is 17.8. The van der Waals surface area contributed by atoms with Crippen LogP contribution in [0.1, 0.15) is 16.7 Å². The Morgan fingerprint density at radius 1 is 1.03 bits per heavy atom. The second-order valence-corrected chi connectivity index (χ2v) is 8.99. The van der Waals surface area contributed by atoms with Crippen LogP contribution < -0.4 is 4.72 Å². The number of anilines is 1. The van der Waals surface area contributed by atoms with Crippen molar-refractivity contribution in [3.63, 3.8) is 0 Å².